The van der Waals surface area contributed by atoms with Crippen LogP contribution in [0.15, 0.2) is 29.4 Å². The van der Waals surface area contributed by atoms with E-state index in [2.05, 4.69) is 45.6 Å². The summed E-state index contributed by atoms with van der Waals surface area (Å²) in [7, 11) is 0. The first-order valence-electron chi connectivity index (χ1n) is 6.80. The van der Waals surface area contributed by atoms with Crippen LogP contribution in [0.2, 0.25) is 0 Å². The molecular weight excluding hydrogens is 298 g/mol. The summed E-state index contributed by atoms with van der Waals surface area (Å²) >= 11 is 0. The van der Waals surface area contributed by atoms with Gasteiger partial charge in [-0.3, -0.25) is 10.1 Å². The van der Waals surface area contributed by atoms with Gasteiger partial charge in [0.05, 0.1) is 18.4 Å². The molecule has 0 radical (unpaired) electrons. The van der Waals surface area contributed by atoms with Crippen LogP contribution in [0.5, 0.6) is 0 Å². The van der Waals surface area contributed by atoms with Crippen molar-refractivity contribution in [2.45, 2.75) is 13.5 Å². The Balaban J connectivity index is 1.55. The lowest BCUT2D eigenvalue weighted by Crippen LogP contribution is -2.04. The number of hydrogen-bond donors (Lipinski definition) is 2. The van der Waals surface area contributed by atoms with Gasteiger partial charge in [0.1, 0.15) is 29.0 Å². The molecule has 114 valence electrons. The number of aromatic nitrogens is 8. The first kappa shape index (κ1) is 13.2. The number of fused-ring (bicyclic) bond motifs is 1. The van der Waals surface area contributed by atoms with E-state index >= 15 is 0 Å². The zero-order valence-electron chi connectivity index (χ0n) is 12.1. The number of aryl methyl sites for hydroxylation is 1. The Kier molecular flexibility index (Phi) is 3.11. The van der Waals surface area contributed by atoms with Gasteiger partial charge in [-0.05, 0) is 6.92 Å². The third-order valence-corrected chi connectivity index (χ3v) is 3.19. The molecule has 4 rings (SSSR count). The zero-order chi connectivity index (χ0) is 15.6. The molecule has 0 unspecified atom stereocenters. The number of anilines is 1. The minimum Gasteiger partial charge on any atom is -0.362 e. The number of H-pyrrole nitrogens is 1. The van der Waals surface area contributed by atoms with Gasteiger partial charge in [-0.25, -0.2) is 15.0 Å². The van der Waals surface area contributed by atoms with E-state index in [1.54, 1.807) is 18.6 Å². The Bertz CT molecular complexity index is 946. The molecule has 0 aromatic carbocycles. The van der Waals surface area contributed by atoms with E-state index in [1.807, 2.05) is 6.92 Å². The van der Waals surface area contributed by atoms with Gasteiger partial charge >= 0.3 is 0 Å². The van der Waals surface area contributed by atoms with Gasteiger partial charge in [0.15, 0.2) is 0 Å². The van der Waals surface area contributed by atoms with Crippen molar-refractivity contribution in [1.29, 1.82) is 0 Å². The van der Waals surface area contributed by atoms with Crippen molar-refractivity contribution in [2.75, 3.05) is 5.32 Å². The molecule has 10 heteroatoms. The summed E-state index contributed by atoms with van der Waals surface area (Å²) in [5.74, 6) is 1.77. The number of hydrogen-bond acceptors (Lipinski definition) is 9. The molecule has 0 saturated heterocycles. The lowest BCUT2D eigenvalue weighted by Gasteiger charge is -2.03. The minimum absolute atomic E-state index is 0.407. The minimum atomic E-state index is 0.407. The molecule has 0 amide bonds. The Hall–Kier alpha value is -3.43. The maximum absolute atomic E-state index is 5.11. The van der Waals surface area contributed by atoms with E-state index in [-0.39, 0.29) is 0 Å². The van der Waals surface area contributed by atoms with E-state index in [4.69, 9.17) is 4.52 Å². The predicted octanol–water partition coefficient (Wildman–Crippen LogP) is 1.11. The number of rotatable bonds is 4. The topological polar surface area (TPSA) is 131 Å². The van der Waals surface area contributed by atoms with E-state index in [0.717, 1.165) is 11.1 Å². The number of nitrogens with zero attached hydrogens (tertiary/aromatic N) is 7. The average molecular weight is 309 g/mol. The highest BCUT2D eigenvalue weighted by molar-refractivity contribution is 5.87. The Morgan fingerprint density at radius 2 is 2.17 bits per heavy atom. The lowest BCUT2D eigenvalue weighted by molar-refractivity contribution is 0.442. The maximum Gasteiger partial charge on any atom is 0.263 e. The van der Waals surface area contributed by atoms with Crippen LogP contribution in [0.25, 0.3) is 22.6 Å². The molecule has 0 fully saturated rings. The molecule has 0 bridgehead atoms. The van der Waals surface area contributed by atoms with E-state index < -0.39 is 0 Å². The van der Waals surface area contributed by atoms with Crippen LogP contribution in [-0.4, -0.2) is 40.3 Å². The van der Waals surface area contributed by atoms with Crippen LogP contribution < -0.4 is 5.32 Å². The zero-order valence-corrected chi connectivity index (χ0v) is 12.1. The summed E-state index contributed by atoms with van der Waals surface area (Å²) in [6.07, 6.45) is 6.21. The van der Waals surface area contributed by atoms with E-state index in [1.165, 1.54) is 6.33 Å². The van der Waals surface area contributed by atoms with Crippen molar-refractivity contribution in [3.8, 4) is 11.5 Å². The Morgan fingerprint density at radius 3 is 3.04 bits per heavy atom. The van der Waals surface area contributed by atoms with Crippen molar-refractivity contribution >= 4 is 16.9 Å². The smallest absolute Gasteiger partial charge is 0.263 e. The SMILES string of the molecule is Cc1noc2ncnc(NCc3nc(-c4cnccn4)n[nH]3)c12. The normalized spacial score (nSPS) is 11.0. The van der Waals surface area contributed by atoms with E-state index in [9.17, 15) is 0 Å². The summed E-state index contributed by atoms with van der Waals surface area (Å²) in [5.41, 5.74) is 1.77. The molecule has 0 aliphatic rings. The molecule has 4 heterocycles. The van der Waals surface area contributed by atoms with Crippen LogP contribution >= 0.6 is 0 Å². The second kappa shape index (κ2) is 5.40. The van der Waals surface area contributed by atoms with Crippen LogP contribution in [0.3, 0.4) is 0 Å². The fourth-order valence-corrected chi connectivity index (χ4v) is 2.13. The highest BCUT2D eigenvalue weighted by Gasteiger charge is 2.13. The fourth-order valence-electron chi connectivity index (χ4n) is 2.13. The summed E-state index contributed by atoms with van der Waals surface area (Å²) in [6, 6.07) is 0. The van der Waals surface area contributed by atoms with Gasteiger partial charge in [-0.2, -0.15) is 10.1 Å². The Labute approximate surface area is 129 Å². The van der Waals surface area contributed by atoms with Crippen LogP contribution in [-0.2, 0) is 6.54 Å². The van der Waals surface area contributed by atoms with Gasteiger partial charge in [-0.15, -0.1) is 0 Å². The first-order chi connectivity index (χ1) is 11.3. The molecule has 0 saturated carbocycles. The largest absolute Gasteiger partial charge is 0.362 e. The molecule has 4 aromatic heterocycles. The van der Waals surface area contributed by atoms with Crippen molar-refractivity contribution in [1.82, 2.24) is 40.3 Å². The summed E-state index contributed by atoms with van der Waals surface area (Å²) in [5, 5.41) is 14.8. The van der Waals surface area contributed by atoms with Crippen molar-refractivity contribution < 1.29 is 4.52 Å². The highest BCUT2D eigenvalue weighted by atomic mass is 16.5. The summed E-state index contributed by atoms with van der Waals surface area (Å²) in [6.45, 7) is 2.24. The first-order valence-corrected chi connectivity index (χ1v) is 6.80. The molecule has 10 nitrogen and oxygen atoms in total. The van der Waals surface area contributed by atoms with Crippen LogP contribution in [0.1, 0.15) is 11.5 Å². The van der Waals surface area contributed by atoms with Gasteiger partial charge in [0, 0.05) is 12.4 Å². The molecule has 23 heavy (non-hydrogen) atoms. The Morgan fingerprint density at radius 1 is 1.22 bits per heavy atom. The second-order valence-corrected chi connectivity index (χ2v) is 4.72. The van der Waals surface area contributed by atoms with Gasteiger partial charge in [0.25, 0.3) is 5.71 Å². The van der Waals surface area contributed by atoms with Gasteiger partial charge < -0.3 is 9.84 Å². The van der Waals surface area contributed by atoms with Crippen LogP contribution in [0, 0.1) is 6.92 Å². The van der Waals surface area contributed by atoms with E-state index in [0.29, 0.717) is 35.4 Å². The number of aromatic amines is 1. The van der Waals surface area contributed by atoms with Crippen molar-refractivity contribution in [2.24, 2.45) is 0 Å². The van der Waals surface area contributed by atoms with Gasteiger partial charge in [-0.1, -0.05) is 5.16 Å². The third-order valence-electron chi connectivity index (χ3n) is 3.19. The van der Waals surface area contributed by atoms with Crippen molar-refractivity contribution in [3.63, 3.8) is 0 Å². The standard InChI is InChI=1S/C13H11N9O/c1-7-10-12(17-6-18-13(10)23-22-7)16-5-9-19-11(21-20-9)8-4-14-2-3-15-8/h2-4,6H,5H2,1H3,(H,16,17,18)(H,19,20,21). The lowest BCUT2D eigenvalue weighted by atomic mass is 10.3. The highest BCUT2D eigenvalue weighted by Crippen LogP contribution is 2.22. The maximum atomic E-state index is 5.11. The third kappa shape index (κ3) is 2.46. The molecule has 0 spiro atoms. The monoisotopic (exact) mass is 309 g/mol. The van der Waals surface area contributed by atoms with Gasteiger partial charge in [0.2, 0.25) is 5.82 Å². The summed E-state index contributed by atoms with van der Waals surface area (Å²) < 4.78 is 5.11. The fraction of sp³-hybridized carbons (Fsp3) is 0.154. The quantitative estimate of drug-likeness (QED) is 0.569. The molecule has 0 aliphatic heterocycles. The second-order valence-electron chi connectivity index (χ2n) is 4.72. The molecule has 2 N–H and O–H groups in total. The molecular formula is C13H11N9O. The summed E-state index contributed by atoms with van der Waals surface area (Å²) in [4.78, 5) is 20.8. The number of nitrogens with one attached hydrogen (secondary N) is 2. The predicted molar refractivity (Wildman–Crippen MR) is 79.1 cm³/mol. The molecule has 0 atom stereocenters. The van der Waals surface area contributed by atoms with Crippen LogP contribution in [0.4, 0.5) is 5.82 Å². The molecule has 4 aromatic rings. The molecule has 0 aliphatic carbocycles. The average Bonchev–Trinajstić information content (AvgIpc) is 3.21. The van der Waals surface area contributed by atoms with Crippen molar-refractivity contribution in [3.05, 3.63) is 36.4 Å².